The van der Waals surface area contributed by atoms with Gasteiger partial charge in [-0.05, 0) is 53.5 Å². The molecule has 0 fully saturated rings. The molecular weight excluding hydrogens is 366 g/mol. The molecule has 2 rings (SSSR count). The third kappa shape index (κ3) is 6.31. The van der Waals surface area contributed by atoms with Gasteiger partial charge in [0, 0.05) is 25.3 Å². The van der Waals surface area contributed by atoms with Crippen molar-refractivity contribution in [2.24, 2.45) is 0 Å². The molecule has 6 nitrogen and oxygen atoms in total. The average molecular weight is 396 g/mol. The Bertz CT molecular complexity index is 896. The Hall–Kier alpha value is -2.88. The van der Waals surface area contributed by atoms with Crippen molar-refractivity contribution in [3.63, 3.8) is 0 Å². The Balaban J connectivity index is 2.24. The van der Waals surface area contributed by atoms with E-state index in [0.717, 1.165) is 42.3 Å². The summed E-state index contributed by atoms with van der Waals surface area (Å²) in [5.41, 5.74) is 1.89. The van der Waals surface area contributed by atoms with Crippen LogP contribution in [-0.4, -0.2) is 48.5 Å². The van der Waals surface area contributed by atoms with Crippen molar-refractivity contribution in [2.45, 2.75) is 32.8 Å². The number of nitrogens with one attached hydrogen (secondary N) is 1. The van der Waals surface area contributed by atoms with E-state index < -0.39 is 18.6 Å². The Morgan fingerprint density at radius 2 is 1.83 bits per heavy atom. The van der Waals surface area contributed by atoms with Crippen LogP contribution in [0.5, 0.6) is 0 Å². The summed E-state index contributed by atoms with van der Waals surface area (Å²) < 4.78 is 0. The van der Waals surface area contributed by atoms with Crippen LogP contribution in [0.1, 0.15) is 32.3 Å². The van der Waals surface area contributed by atoms with E-state index >= 15 is 0 Å². The Morgan fingerprint density at radius 3 is 2.45 bits per heavy atom. The highest BCUT2D eigenvalue weighted by molar-refractivity contribution is 6.02. The fourth-order valence-electron chi connectivity index (χ4n) is 3.13. The zero-order valence-corrected chi connectivity index (χ0v) is 17.1. The van der Waals surface area contributed by atoms with Crippen LogP contribution in [-0.2, 0) is 4.79 Å². The smallest absolute Gasteiger partial charge is 0.262 e. The van der Waals surface area contributed by atoms with Gasteiger partial charge >= 0.3 is 0 Å². The monoisotopic (exact) mass is 395 g/mol. The minimum atomic E-state index is -1.05. The number of amides is 1. The molecule has 1 amide bonds. The first-order valence-electron chi connectivity index (χ1n) is 10.00. The molecule has 0 aromatic heterocycles. The van der Waals surface area contributed by atoms with Crippen molar-refractivity contribution >= 4 is 28.4 Å². The molecule has 6 heteroatoms. The third-order valence-corrected chi connectivity index (χ3v) is 4.59. The van der Waals surface area contributed by atoms with Gasteiger partial charge in [-0.3, -0.25) is 4.79 Å². The largest absolute Gasteiger partial charge is 0.394 e. The quantitative estimate of drug-likeness (QED) is 0.425. The van der Waals surface area contributed by atoms with Gasteiger partial charge in [0.2, 0.25) is 0 Å². The van der Waals surface area contributed by atoms with E-state index in [1.807, 2.05) is 24.3 Å². The second-order valence-corrected chi connectivity index (χ2v) is 6.99. The first-order chi connectivity index (χ1) is 14.0. The molecule has 0 saturated heterocycles. The van der Waals surface area contributed by atoms with Gasteiger partial charge in [-0.25, -0.2) is 0 Å². The number of carbonyl (C=O) groups excluding carboxylic acids is 1. The number of benzene rings is 2. The summed E-state index contributed by atoms with van der Waals surface area (Å²) in [6, 6.07) is 14.0. The Labute approximate surface area is 172 Å². The number of aliphatic hydroxyl groups excluding tert-OH is 2. The lowest BCUT2D eigenvalue weighted by Gasteiger charge is -2.24. The lowest BCUT2D eigenvalue weighted by Crippen LogP contribution is -2.34. The normalized spacial score (nSPS) is 12.4. The highest BCUT2D eigenvalue weighted by Gasteiger charge is 2.11. The fourth-order valence-corrected chi connectivity index (χ4v) is 3.13. The number of fused-ring (bicyclic) bond motifs is 1. The van der Waals surface area contributed by atoms with Gasteiger partial charge in [0.1, 0.15) is 11.6 Å². The number of hydrogen-bond acceptors (Lipinski definition) is 5. The van der Waals surface area contributed by atoms with Gasteiger partial charge in [-0.2, -0.15) is 5.26 Å². The summed E-state index contributed by atoms with van der Waals surface area (Å²) in [5.74, 6) is -0.579. The van der Waals surface area contributed by atoms with Crippen LogP contribution in [0.25, 0.3) is 16.8 Å². The maximum absolute atomic E-state index is 12.1. The van der Waals surface area contributed by atoms with Crippen molar-refractivity contribution in [3.8, 4) is 6.07 Å². The summed E-state index contributed by atoms with van der Waals surface area (Å²) >= 11 is 0. The van der Waals surface area contributed by atoms with Crippen molar-refractivity contribution in [2.75, 3.05) is 31.1 Å². The Morgan fingerprint density at radius 1 is 1.17 bits per heavy atom. The standard InChI is InChI=1S/C23H29N3O3/c1-3-9-26(10-4-2)21-8-7-18-11-17(5-6-19(18)13-21)12-20(14-24)23(29)25-15-22(28)16-27/h5-8,11-13,22,27-28H,3-4,9-10,15-16H2,1-2H3,(H,25,29)/b20-12+. The number of anilines is 1. The highest BCUT2D eigenvalue weighted by atomic mass is 16.3. The predicted molar refractivity (Wildman–Crippen MR) is 116 cm³/mol. The summed E-state index contributed by atoms with van der Waals surface area (Å²) in [4.78, 5) is 14.5. The SMILES string of the molecule is CCCN(CCC)c1ccc2cc(/C=C(\C#N)C(=O)NCC(O)CO)ccc2c1. The lowest BCUT2D eigenvalue weighted by molar-refractivity contribution is -0.117. The highest BCUT2D eigenvalue weighted by Crippen LogP contribution is 2.24. The molecule has 2 aromatic carbocycles. The molecule has 2 aromatic rings. The van der Waals surface area contributed by atoms with E-state index in [0.29, 0.717) is 0 Å². The molecule has 0 aliphatic rings. The fraction of sp³-hybridized carbons (Fsp3) is 0.391. The second kappa shape index (κ2) is 11.2. The molecule has 1 atom stereocenters. The van der Waals surface area contributed by atoms with Crippen molar-refractivity contribution in [1.29, 1.82) is 5.26 Å². The van der Waals surface area contributed by atoms with Crippen molar-refractivity contribution < 1.29 is 15.0 Å². The molecule has 0 aliphatic carbocycles. The van der Waals surface area contributed by atoms with E-state index in [-0.39, 0.29) is 12.1 Å². The summed E-state index contributed by atoms with van der Waals surface area (Å²) in [7, 11) is 0. The molecular formula is C23H29N3O3. The first kappa shape index (κ1) is 22.4. The van der Waals surface area contributed by atoms with Gasteiger partial charge < -0.3 is 20.4 Å². The van der Waals surface area contributed by atoms with Crippen LogP contribution < -0.4 is 10.2 Å². The predicted octanol–water partition coefficient (Wildman–Crippen LogP) is 2.84. The first-order valence-corrected chi connectivity index (χ1v) is 10.00. The molecule has 29 heavy (non-hydrogen) atoms. The van der Waals surface area contributed by atoms with E-state index in [4.69, 9.17) is 5.11 Å². The zero-order chi connectivity index (χ0) is 21.2. The van der Waals surface area contributed by atoms with Gasteiger partial charge in [0.25, 0.3) is 5.91 Å². The number of aliphatic hydroxyl groups is 2. The van der Waals surface area contributed by atoms with Gasteiger partial charge in [-0.15, -0.1) is 0 Å². The second-order valence-electron chi connectivity index (χ2n) is 6.99. The van der Waals surface area contributed by atoms with Gasteiger partial charge in [0.15, 0.2) is 0 Å². The van der Waals surface area contributed by atoms with Crippen LogP contribution in [0, 0.1) is 11.3 Å². The molecule has 1 unspecified atom stereocenters. The number of hydrogen-bond donors (Lipinski definition) is 3. The van der Waals surface area contributed by atoms with Crippen molar-refractivity contribution in [1.82, 2.24) is 5.32 Å². The Kier molecular flexibility index (Phi) is 8.66. The van der Waals surface area contributed by atoms with E-state index in [1.54, 1.807) is 0 Å². The summed E-state index contributed by atoms with van der Waals surface area (Å²) in [6.07, 6.45) is 2.66. The molecule has 3 N–H and O–H groups in total. The van der Waals surface area contributed by atoms with Gasteiger partial charge in [0.05, 0.1) is 12.7 Å². The minimum absolute atomic E-state index is 0.0526. The van der Waals surface area contributed by atoms with E-state index in [9.17, 15) is 15.2 Å². The topological polar surface area (TPSA) is 96.6 Å². The molecule has 0 saturated carbocycles. The van der Waals surface area contributed by atoms with E-state index in [2.05, 4.69) is 42.3 Å². The number of rotatable bonds is 10. The molecule has 0 bridgehead atoms. The van der Waals surface area contributed by atoms with Gasteiger partial charge in [-0.1, -0.05) is 32.0 Å². The molecule has 154 valence electrons. The summed E-state index contributed by atoms with van der Waals surface area (Å²) in [5, 5.41) is 32.0. The van der Waals surface area contributed by atoms with Crippen LogP contribution in [0.15, 0.2) is 42.0 Å². The van der Waals surface area contributed by atoms with E-state index in [1.165, 1.54) is 11.8 Å². The summed E-state index contributed by atoms with van der Waals surface area (Å²) in [6.45, 7) is 5.83. The average Bonchev–Trinajstić information content (AvgIpc) is 2.74. The van der Waals surface area contributed by atoms with Crippen LogP contribution in [0.3, 0.4) is 0 Å². The minimum Gasteiger partial charge on any atom is -0.394 e. The number of nitriles is 1. The molecule has 0 spiro atoms. The van der Waals surface area contributed by atoms with Crippen LogP contribution in [0.2, 0.25) is 0 Å². The molecule has 0 radical (unpaired) electrons. The molecule has 0 heterocycles. The third-order valence-electron chi connectivity index (χ3n) is 4.59. The number of nitrogens with zero attached hydrogens (tertiary/aromatic N) is 2. The molecule has 0 aliphatic heterocycles. The zero-order valence-electron chi connectivity index (χ0n) is 17.1. The maximum Gasteiger partial charge on any atom is 0.262 e. The lowest BCUT2D eigenvalue weighted by atomic mass is 10.0. The van der Waals surface area contributed by atoms with Crippen molar-refractivity contribution in [3.05, 3.63) is 47.5 Å². The maximum atomic E-state index is 12.1. The van der Waals surface area contributed by atoms with Crippen LogP contribution in [0.4, 0.5) is 5.69 Å². The van der Waals surface area contributed by atoms with Crippen LogP contribution >= 0.6 is 0 Å². The number of carbonyl (C=O) groups is 1.